The van der Waals surface area contributed by atoms with Crippen molar-refractivity contribution in [1.29, 1.82) is 0 Å². The average Bonchev–Trinajstić information content (AvgIpc) is 3.30. The van der Waals surface area contributed by atoms with Crippen molar-refractivity contribution in [1.82, 2.24) is 19.9 Å². The maximum atomic E-state index is 5.82. The van der Waals surface area contributed by atoms with Crippen LogP contribution in [0.2, 0.25) is 0 Å². The van der Waals surface area contributed by atoms with Crippen LogP contribution in [0, 0.1) is 13.8 Å². The number of hydrogen-bond donors (Lipinski definition) is 1. The van der Waals surface area contributed by atoms with Crippen LogP contribution >= 0.6 is 12.2 Å². The first-order valence-electron chi connectivity index (χ1n) is 10.3. The Kier molecular flexibility index (Phi) is 5.00. The van der Waals surface area contributed by atoms with Crippen molar-refractivity contribution >= 4 is 23.0 Å². The van der Waals surface area contributed by atoms with Crippen LogP contribution in [-0.2, 0) is 0 Å². The van der Waals surface area contributed by atoms with Crippen LogP contribution in [-0.4, -0.2) is 19.6 Å². The Hall–Kier alpha value is -3.51. The molecule has 5 nitrogen and oxygen atoms in total. The lowest BCUT2D eigenvalue weighted by Gasteiger charge is -2.28. The number of rotatable bonds is 4. The monoisotopic (exact) mass is 425 g/mol. The fourth-order valence-corrected chi connectivity index (χ4v) is 4.85. The molecule has 4 aromatic rings. The molecule has 5 rings (SSSR count). The van der Waals surface area contributed by atoms with Gasteiger partial charge in [-0.05, 0) is 74.1 Å². The van der Waals surface area contributed by atoms with Crippen LogP contribution in [0.25, 0.3) is 5.69 Å². The molecule has 0 bridgehead atoms. The summed E-state index contributed by atoms with van der Waals surface area (Å²) in [6.45, 7) is 4.29. The van der Waals surface area contributed by atoms with Crippen LogP contribution in [0.15, 0.2) is 85.3 Å². The highest BCUT2D eigenvalue weighted by molar-refractivity contribution is 7.80. The van der Waals surface area contributed by atoms with E-state index in [0.29, 0.717) is 5.11 Å². The summed E-state index contributed by atoms with van der Waals surface area (Å²) in [5.74, 6) is 0. The molecule has 1 aliphatic rings. The first kappa shape index (κ1) is 19.5. The molecule has 0 radical (unpaired) electrons. The van der Waals surface area contributed by atoms with Gasteiger partial charge in [0.15, 0.2) is 5.11 Å². The predicted octanol–water partition coefficient (Wildman–Crippen LogP) is 5.06. The van der Waals surface area contributed by atoms with Gasteiger partial charge in [0.05, 0.1) is 29.7 Å². The van der Waals surface area contributed by atoms with Gasteiger partial charge in [-0.2, -0.15) is 0 Å². The molecule has 0 amide bonds. The van der Waals surface area contributed by atoms with Crippen LogP contribution in [0.1, 0.15) is 34.7 Å². The zero-order chi connectivity index (χ0) is 21.4. The number of nitrogens with one attached hydrogen (secondary N) is 1. The number of aromatic nitrogens is 3. The fraction of sp³-hybridized carbons (Fsp3) is 0.160. The summed E-state index contributed by atoms with van der Waals surface area (Å²) in [4.78, 5) is 11.2. The fourth-order valence-electron chi connectivity index (χ4n) is 4.51. The van der Waals surface area contributed by atoms with E-state index in [1.165, 1.54) is 11.3 Å². The van der Waals surface area contributed by atoms with Crippen molar-refractivity contribution < 1.29 is 0 Å². The molecule has 1 aromatic carbocycles. The standard InChI is InChI=1S/C25H23N5S/c1-17-15-21(18(2)29(17)20-11-8-13-26-16-20)24-23(22-12-6-7-14-27-22)28-25(31)30(24)19-9-4-3-5-10-19/h3-16,23-24H,1-2H3,(H,28,31)/t23-,24+/m0/s1. The molecule has 0 aliphatic carbocycles. The molecule has 3 aromatic heterocycles. The first-order valence-corrected chi connectivity index (χ1v) is 10.7. The van der Waals surface area contributed by atoms with Gasteiger partial charge in [0, 0.05) is 29.5 Å². The van der Waals surface area contributed by atoms with E-state index >= 15 is 0 Å². The number of aryl methyl sites for hydroxylation is 1. The largest absolute Gasteiger partial charge is 0.351 e. The molecule has 1 aliphatic heterocycles. The topological polar surface area (TPSA) is 46.0 Å². The van der Waals surface area contributed by atoms with E-state index in [-0.39, 0.29) is 12.1 Å². The molecular weight excluding hydrogens is 402 g/mol. The van der Waals surface area contributed by atoms with E-state index in [9.17, 15) is 0 Å². The third-order valence-electron chi connectivity index (χ3n) is 5.83. The Labute approximate surface area is 187 Å². The Balaban J connectivity index is 1.68. The molecule has 0 spiro atoms. The number of thiocarbonyl (C=S) groups is 1. The van der Waals surface area contributed by atoms with Gasteiger partial charge in [0.25, 0.3) is 0 Å². The molecule has 0 unspecified atom stereocenters. The molecule has 31 heavy (non-hydrogen) atoms. The maximum absolute atomic E-state index is 5.82. The minimum atomic E-state index is -0.0586. The molecule has 4 heterocycles. The van der Waals surface area contributed by atoms with Gasteiger partial charge in [0.1, 0.15) is 0 Å². The smallest absolute Gasteiger partial charge is 0.174 e. The lowest BCUT2D eigenvalue weighted by molar-refractivity contribution is 0.565. The molecule has 1 saturated heterocycles. The second-order valence-electron chi connectivity index (χ2n) is 7.71. The van der Waals surface area contributed by atoms with Crippen molar-refractivity contribution in [3.05, 3.63) is 108 Å². The van der Waals surface area contributed by atoms with E-state index in [0.717, 1.165) is 22.8 Å². The number of benzene rings is 1. The number of anilines is 1. The predicted molar refractivity (Wildman–Crippen MR) is 127 cm³/mol. The highest BCUT2D eigenvalue weighted by Gasteiger charge is 2.42. The third kappa shape index (κ3) is 3.39. The summed E-state index contributed by atoms with van der Waals surface area (Å²) in [6, 6.07) is 22.6. The normalized spacial score (nSPS) is 18.3. The first-order chi connectivity index (χ1) is 15.1. The Morgan fingerprint density at radius 3 is 2.39 bits per heavy atom. The lowest BCUT2D eigenvalue weighted by Crippen LogP contribution is -2.29. The number of para-hydroxylation sites is 1. The van der Waals surface area contributed by atoms with Gasteiger partial charge in [0.2, 0.25) is 0 Å². The van der Waals surface area contributed by atoms with Crippen LogP contribution in [0.5, 0.6) is 0 Å². The van der Waals surface area contributed by atoms with Crippen LogP contribution < -0.4 is 10.2 Å². The van der Waals surface area contributed by atoms with E-state index in [1.807, 2.05) is 48.8 Å². The maximum Gasteiger partial charge on any atom is 0.174 e. The summed E-state index contributed by atoms with van der Waals surface area (Å²) in [6.07, 6.45) is 5.53. The second-order valence-corrected chi connectivity index (χ2v) is 8.09. The molecule has 154 valence electrons. The highest BCUT2D eigenvalue weighted by Crippen LogP contribution is 2.43. The zero-order valence-corrected chi connectivity index (χ0v) is 18.3. The van der Waals surface area contributed by atoms with Crippen molar-refractivity contribution in [3.8, 4) is 5.69 Å². The Morgan fingerprint density at radius 1 is 0.903 bits per heavy atom. The van der Waals surface area contributed by atoms with Gasteiger partial charge < -0.3 is 14.8 Å². The van der Waals surface area contributed by atoms with Crippen molar-refractivity contribution in [2.75, 3.05) is 4.90 Å². The molecule has 2 atom stereocenters. The van der Waals surface area contributed by atoms with Gasteiger partial charge in [-0.25, -0.2) is 0 Å². The Morgan fingerprint density at radius 2 is 1.68 bits per heavy atom. The Bertz CT molecular complexity index is 1200. The molecule has 1 N–H and O–H groups in total. The summed E-state index contributed by atoms with van der Waals surface area (Å²) < 4.78 is 2.25. The van der Waals surface area contributed by atoms with Gasteiger partial charge in [-0.1, -0.05) is 24.3 Å². The molecule has 0 saturated carbocycles. The van der Waals surface area contributed by atoms with Crippen molar-refractivity contribution in [2.24, 2.45) is 0 Å². The van der Waals surface area contributed by atoms with Crippen LogP contribution in [0.3, 0.4) is 0 Å². The summed E-state index contributed by atoms with van der Waals surface area (Å²) in [5.41, 5.74) is 6.63. The van der Waals surface area contributed by atoms with E-state index in [4.69, 9.17) is 12.2 Å². The molecule has 6 heteroatoms. The van der Waals surface area contributed by atoms with Gasteiger partial charge >= 0.3 is 0 Å². The van der Waals surface area contributed by atoms with Gasteiger partial charge in [-0.15, -0.1) is 0 Å². The highest BCUT2D eigenvalue weighted by atomic mass is 32.1. The number of nitrogens with zero attached hydrogens (tertiary/aromatic N) is 4. The SMILES string of the molecule is Cc1cc([C@@H]2[C@H](c3ccccn3)NC(=S)N2c2ccccc2)c(C)n1-c1cccnc1. The quantitative estimate of drug-likeness (QED) is 0.463. The summed E-state index contributed by atoms with van der Waals surface area (Å²) in [5, 5.41) is 4.24. The molecular formula is C25H23N5S. The van der Waals surface area contributed by atoms with Gasteiger partial charge in [-0.3, -0.25) is 9.97 Å². The summed E-state index contributed by atoms with van der Waals surface area (Å²) in [7, 11) is 0. The number of hydrogen-bond acceptors (Lipinski definition) is 3. The lowest BCUT2D eigenvalue weighted by atomic mass is 9.96. The van der Waals surface area contributed by atoms with E-state index in [1.54, 1.807) is 6.20 Å². The average molecular weight is 426 g/mol. The van der Waals surface area contributed by atoms with E-state index in [2.05, 4.69) is 68.9 Å². The molecule has 1 fully saturated rings. The van der Waals surface area contributed by atoms with Crippen LogP contribution in [0.4, 0.5) is 5.69 Å². The van der Waals surface area contributed by atoms with Crippen molar-refractivity contribution in [2.45, 2.75) is 25.9 Å². The summed E-state index contributed by atoms with van der Waals surface area (Å²) >= 11 is 5.82. The number of pyridine rings is 2. The second kappa shape index (κ2) is 7.96. The van der Waals surface area contributed by atoms with E-state index < -0.39 is 0 Å². The third-order valence-corrected chi connectivity index (χ3v) is 6.14. The van der Waals surface area contributed by atoms with Crippen molar-refractivity contribution in [3.63, 3.8) is 0 Å². The zero-order valence-electron chi connectivity index (χ0n) is 17.4. The minimum absolute atomic E-state index is 0.0265. The minimum Gasteiger partial charge on any atom is -0.351 e.